The van der Waals surface area contributed by atoms with Gasteiger partial charge in [-0.15, -0.1) is 0 Å². The first-order chi connectivity index (χ1) is 10.8. The van der Waals surface area contributed by atoms with E-state index in [4.69, 9.17) is 4.74 Å². The van der Waals surface area contributed by atoms with E-state index in [0.29, 0.717) is 6.61 Å². The molecule has 0 heterocycles. The Hall–Kier alpha value is -2.38. The van der Waals surface area contributed by atoms with Crippen LogP contribution in [0.4, 0.5) is 0 Å². The van der Waals surface area contributed by atoms with Crippen LogP contribution in [0.5, 0.6) is 0 Å². The molecule has 0 spiro atoms. The van der Waals surface area contributed by atoms with Crippen LogP contribution in [0.1, 0.15) is 11.1 Å². The van der Waals surface area contributed by atoms with Crippen molar-refractivity contribution in [2.45, 2.75) is 13.5 Å². The van der Waals surface area contributed by atoms with Crippen LogP contribution in [0.3, 0.4) is 0 Å². The molecule has 0 aliphatic rings. The lowest BCUT2D eigenvalue weighted by molar-refractivity contribution is 0.187. The second-order valence-electron chi connectivity index (χ2n) is 5.79. The molecule has 0 aliphatic heterocycles. The fourth-order valence-corrected chi connectivity index (χ4v) is 3.58. The highest BCUT2D eigenvalue weighted by molar-refractivity contribution is 6.16. The van der Waals surface area contributed by atoms with Crippen molar-refractivity contribution < 1.29 is 4.74 Å². The highest BCUT2D eigenvalue weighted by atomic mass is 16.5. The van der Waals surface area contributed by atoms with E-state index in [9.17, 15) is 0 Å². The van der Waals surface area contributed by atoms with Gasteiger partial charge in [0, 0.05) is 7.11 Å². The van der Waals surface area contributed by atoms with E-state index >= 15 is 0 Å². The summed E-state index contributed by atoms with van der Waals surface area (Å²) in [5, 5.41) is 7.88. The third kappa shape index (κ3) is 1.83. The average molecular weight is 286 g/mol. The SMILES string of the molecule is COCc1c2ccccc2c(C)c2c1ccc1ccccc12. The summed E-state index contributed by atoms with van der Waals surface area (Å²) in [5.74, 6) is 0. The summed E-state index contributed by atoms with van der Waals surface area (Å²) >= 11 is 0. The van der Waals surface area contributed by atoms with Crippen molar-refractivity contribution in [1.82, 2.24) is 0 Å². The van der Waals surface area contributed by atoms with Gasteiger partial charge in [0.25, 0.3) is 0 Å². The van der Waals surface area contributed by atoms with Gasteiger partial charge < -0.3 is 4.74 Å². The lowest BCUT2D eigenvalue weighted by atomic mass is 9.90. The van der Waals surface area contributed by atoms with Crippen molar-refractivity contribution in [1.29, 1.82) is 0 Å². The molecule has 0 atom stereocenters. The van der Waals surface area contributed by atoms with Gasteiger partial charge >= 0.3 is 0 Å². The molecule has 0 saturated heterocycles. The molecule has 22 heavy (non-hydrogen) atoms. The Morgan fingerprint density at radius 2 is 1.41 bits per heavy atom. The summed E-state index contributed by atoms with van der Waals surface area (Å²) in [6, 6.07) is 21.7. The van der Waals surface area contributed by atoms with Gasteiger partial charge in [-0.1, -0.05) is 60.7 Å². The number of benzene rings is 4. The topological polar surface area (TPSA) is 9.23 Å². The molecular formula is C21H18O. The van der Waals surface area contributed by atoms with Gasteiger partial charge in [0.2, 0.25) is 0 Å². The molecule has 0 saturated carbocycles. The molecule has 1 nitrogen and oxygen atoms in total. The number of rotatable bonds is 2. The molecular weight excluding hydrogens is 268 g/mol. The van der Waals surface area contributed by atoms with E-state index in [2.05, 4.69) is 67.6 Å². The first-order valence-electron chi connectivity index (χ1n) is 7.62. The summed E-state index contributed by atoms with van der Waals surface area (Å²) in [7, 11) is 1.77. The van der Waals surface area contributed by atoms with Crippen molar-refractivity contribution in [2.24, 2.45) is 0 Å². The Labute approximate surface area is 130 Å². The summed E-state index contributed by atoms with van der Waals surface area (Å²) < 4.78 is 5.50. The Morgan fingerprint density at radius 3 is 2.18 bits per heavy atom. The van der Waals surface area contributed by atoms with Crippen LogP contribution in [0, 0.1) is 6.92 Å². The fraction of sp³-hybridized carbons (Fsp3) is 0.143. The molecule has 0 amide bonds. The maximum absolute atomic E-state index is 5.50. The van der Waals surface area contributed by atoms with Gasteiger partial charge in [-0.2, -0.15) is 0 Å². The van der Waals surface area contributed by atoms with Crippen molar-refractivity contribution in [3.8, 4) is 0 Å². The first-order valence-corrected chi connectivity index (χ1v) is 7.62. The van der Waals surface area contributed by atoms with Gasteiger partial charge in [-0.3, -0.25) is 0 Å². The van der Waals surface area contributed by atoms with Crippen LogP contribution < -0.4 is 0 Å². The van der Waals surface area contributed by atoms with Crippen molar-refractivity contribution >= 4 is 32.3 Å². The van der Waals surface area contributed by atoms with Gasteiger partial charge in [-0.25, -0.2) is 0 Å². The van der Waals surface area contributed by atoms with Crippen molar-refractivity contribution in [3.05, 3.63) is 71.8 Å². The number of hydrogen-bond acceptors (Lipinski definition) is 1. The molecule has 1 heteroatoms. The monoisotopic (exact) mass is 286 g/mol. The van der Waals surface area contributed by atoms with Crippen molar-refractivity contribution in [3.63, 3.8) is 0 Å². The normalized spacial score (nSPS) is 11.5. The van der Waals surface area contributed by atoms with Gasteiger partial charge in [0.05, 0.1) is 6.61 Å². The largest absolute Gasteiger partial charge is 0.380 e. The fourth-order valence-electron chi connectivity index (χ4n) is 3.58. The maximum Gasteiger partial charge on any atom is 0.0725 e. The van der Waals surface area contributed by atoms with Crippen molar-refractivity contribution in [2.75, 3.05) is 7.11 Å². The Morgan fingerprint density at radius 1 is 0.727 bits per heavy atom. The molecule has 0 aromatic heterocycles. The lowest BCUT2D eigenvalue weighted by Crippen LogP contribution is -1.95. The molecule has 0 fully saturated rings. The zero-order chi connectivity index (χ0) is 15.1. The number of hydrogen-bond donors (Lipinski definition) is 0. The number of methoxy groups -OCH3 is 1. The molecule has 0 unspecified atom stereocenters. The first kappa shape index (κ1) is 13.3. The highest BCUT2D eigenvalue weighted by Crippen LogP contribution is 2.36. The lowest BCUT2D eigenvalue weighted by Gasteiger charge is -2.16. The number of ether oxygens (including phenoxy) is 1. The zero-order valence-electron chi connectivity index (χ0n) is 12.9. The molecule has 0 N–H and O–H groups in total. The number of aryl methyl sites for hydroxylation is 1. The van der Waals surface area contributed by atoms with E-state index in [1.165, 1.54) is 43.4 Å². The molecule has 0 radical (unpaired) electrons. The molecule has 4 aromatic rings. The minimum Gasteiger partial charge on any atom is -0.380 e. The quantitative estimate of drug-likeness (QED) is 0.344. The molecule has 0 bridgehead atoms. The Balaban J connectivity index is 2.31. The summed E-state index contributed by atoms with van der Waals surface area (Å²) in [6.07, 6.45) is 0. The van der Waals surface area contributed by atoms with Gasteiger partial charge in [-0.05, 0) is 50.4 Å². The molecule has 4 rings (SSSR count). The second-order valence-corrected chi connectivity index (χ2v) is 5.79. The summed E-state index contributed by atoms with van der Waals surface area (Å²) in [6.45, 7) is 2.86. The van der Waals surface area contributed by atoms with E-state index in [0.717, 1.165) is 0 Å². The van der Waals surface area contributed by atoms with Crippen LogP contribution >= 0.6 is 0 Å². The van der Waals surface area contributed by atoms with E-state index < -0.39 is 0 Å². The summed E-state index contributed by atoms with van der Waals surface area (Å²) in [4.78, 5) is 0. The van der Waals surface area contributed by atoms with Gasteiger partial charge in [0.15, 0.2) is 0 Å². The maximum atomic E-state index is 5.50. The summed E-state index contributed by atoms with van der Waals surface area (Å²) in [5.41, 5.74) is 2.63. The smallest absolute Gasteiger partial charge is 0.0725 e. The standard InChI is InChI=1S/C21H18O/c1-14-16-8-5-6-10-18(16)20(13-22-2)19-12-11-15-7-3-4-9-17(15)21(14)19/h3-12H,13H2,1-2H3. The Kier molecular flexibility index (Phi) is 3.09. The van der Waals surface area contributed by atoms with Crippen LogP contribution in [0.2, 0.25) is 0 Å². The van der Waals surface area contributed by atoms with Crippen LogP contribution in [-0.4, -0.2) is 7.11 Å². The minimum atomic E-state index is 0.635. The third-order valence-electron chi connectivity index (χ3n) is 4.57. The predicted molar refractivity (Wildman–Crippen MR) is 94.4 cm³/mol. The van der Waals surface area contributed by atoms with E-state index in [-0.39, 0.29) is 0 Å². The molecule has 108 valence electrons. The minimum absolute atomic E-state index is 0.635. The molecule has 4 aromatic carbocycles. The number of fused-ring (bicyclic) bond motifs is 4. The van der Waals surface area contributed by atoms with Crippen LogP contribution in [0.15, 0.2) is 60.7 Å². The second kappa shape index (κ2) is 5.11. The average Bonchev–Trinajstić information content (AvgIpc) is 2.58. The van der Waals surface area contributed by atoms with Crippen LogP contribution in [-0.2, 0) is 11.3 Å². The molecule has 0 aliphatic carbocycles. The van der Waals surface area contributed by atoms with Gasteiger partial charge in [0.1, 0.15) is 0 Å². The van der Waals surface area contributed by atoms with Crippen LogP contribution in [0.25, 0.3) is 32.3 Å². The van der Waals surface area contributed by atoms with E-state index in [1.807, 2.05) is 0 Å². The predicted octanol–water partition coefficient (Wildman–Crippen LogP) is 5.60. The highest BCUT2D eigenvalue weighted by Gasteiger charge is 2.13. The zero-order valence-corrected chi connectivity index (χ0v) is 12.9. The van der Waals surface area contributed by atoms with E-state index in [1.54, 1.807) is 7.11 Å². The Bertz CT molecular complexity index is 999. The third-order valence-corrected chi connectivity index (χ3v) is 4.57.